The van der Waals surface area contributed by atoms with Crippen molar-refractivity contribution in [3.8, 4) is 11.1 Å². The van der Waals surface area contributed by atoms with E-state index in [4.69, 9.17) is 0 Å². The van der Waals surface area contributed by atoms with Crippen molar-refractivity contribution in [2.45, 2.75) is 32.6 Å². The van der Waals surface area contributed by atoms with Gasteiger partial charge >= 0.3 is 0 Å². The number of fused-ring (bicyclic) bond motifs is 4. The van der Waals surface area contributed by atoms with Crippen LogP contribution < -0.4 is 15.5 Å². The molecule has 1 atom stereocenters. The minimum Gasteiger partial charge on any atom is -0.332 e. The summed E-state index contributed by atoms with van der Waals surface area (Å²) in [5.74, 6) is -0.440. The third-order valence-electron chi connectivity index (χ3n) is 5.38. The van der Waals surface area contributed by atoms with Gasteiger partial charge in [0.25, 0.3) is 0 Å². The van der Waals surface area contributed by atoms with Crippen molar-refractivity contribution in [2.24, 2.45) is 5.92 Å². The number of benzene rings is 1. The molecule has 0 radical (unpaired) electrons. The highest BCUT2D eigenvalue weighted by atomic mass is 19.1. The average molecular weight is 380 g/mol. The topological polar surface area (TPSA) is 57.3 Å². The molecular formula is C22H25FN4O. The van der Waals surface area contributed by atoms with Crippen molar-refractivity contribution >= 4 is 17.3 Å². The number of carbonyl (C=O) groups is 1. The van der Waals surface area contributed by atoms with Crippen LogP contribution in [0.5, 0.6) is 0 Å². The Morgan fingerprint density at radius 1 is 1.25 bits per heavy atom. The van der Waals surface area contributed by atoms with Gasteiger partial charge in [0.05, 0.1) is 18.0 Å². The summed E-state index contributed by atoms with van der Waals surface area (Å²) in [6.07, 6.45) is 9.25. The van der Waals surface area contributed by atoms with Crippen LogP contribution >= 0.6 is 0 Å². The van der Waals surface area contributed by atoms with Crippen LogP contribution in [0, 0.1) is 11.7 Å². The summed E-state index contributed by atoms with van der Waals surface area (Å²) in [4.78, 5) is 19.1. The lowest BCUT2D eigenvalue weighted by Crippen LogP contribution is -2.35. The number of nitrogens with zero attached hydrogens (tertiary/aromatic N) is 2. The van der Waals surface area contributed by atoms with Crippen LogP contribution in [-0.4, -0.2) is 24.1 Å². The van der Waals surface area contributed by atoms with E-state index in [1.807, 2.05) is 36.2 Å². The number of anilines is 2. The molecule has 6 heteroatoms. The van der Waals surface area contributed by atoms with Gasteiger partial charge in [-0.3, -0.25) is 15.1 Å². The quantitative estimate of drug-likeness (QED) is 0.783. The number of halogens is 1. The molecule has 2 aromatic rings. The number of carbonyl (C=O) groups excluding carboxylic acids is 1. The molecule has 0 spiro atoms. The third-order valence-corrected chi connectivity index (χ3v) is 5.38. The van der Waals surface area contributed by atoms with Gasteiger partial charge in [-0.1, -0.05) is 19.4 Å². The number of hydrogen-bond acceptors (Lipinski definition) is 4. The maximum Gasteiger partial charge on any atom is 0.227 e. The molecule has 0 saturated carbocycles. The van der Waals surface area contributed by atoms with E-state index in [0.717, 1.165) is 43.5 Å². The number of aromatic nitrogens is 1. The molecule has 0 saturated heterocycles. The molecule has 1 unspecified atom stereocenters. The monoisotopic (exact) mass is 380 g/mol. The lowest BCUT2D eigenvalue weighted by Gasteiger charge is -2.29. The van der Waals surface area contributed by atoms with Crippen molar-refractivity contribution in [2.75, 3.05) is 23.4 Å². The number of pyridine rings is 1. The van der Waals surface area contributed by atoms with E-state index in [1.54, 1.807) is 12.3 Å². The lowest BCUT2D eigenvalue weighted by molar-refractivity contribution is -0.119. The van der Waals surface area contributed by atoms with E-state index in [0.29, 0.717) is 23.6 Å². The normalized spacial score (nSPS) is 20.0. The van der Waals surface area contributed by atoms with Crippen LogP contribution in [0.25, 0.3) is 11.1 Å². The van der Waals surface area contributed by atoms with Gasteiger partial charge in [0.1, 0.15) is 5.82 Å². The maximum absolute atomic E-state index is 15.0. The van der Waals surface area contributed by atoms with Gasteiger partial charge in [0.15, 0.2) is 0 Å². The Labute approximate surface area is 164 Å². The molecule has 28 heavy (non-hydrogen) atoms. The zero-order valence-corrected chi connectivity index (χ0v) is 16.0. The fourth-order valence-corrected chi connectivity index (χ4v) is 3.81. The average Bonchev–Trinajstić information content (AvgIpc) is 2.72. The molecule has 0 fully saturated rings. The second-order valence-electron chi connectivity index (χ2n) is 7.46. The molecule has 2 N–H and O–H groups in total. The molecule has 146 valence electrons. The summed E-state index contributed by atoms with van der Waals surface area (Å²) >= 11 is 0. The molecule has 1 aromatic carbocycles. The number of rotatable bonds is 1. The zero-order valence-electron chi connectivity index (χ0n) is 16.0. The van der Waals surface area contributed by atoms with Crippen molar-refractivity contribution in [1.82, 2.24) is 10.3 Å². The predicted molar refractivity (Wildman–Crippen MR) is 109 cm³/mol. The molecule has 3 heterocycles. The predicted octanol–water partition coefficient (Wildman–Crippen LogP) is 4.07. The molecule has 0 aliphatic carbocycles. The van der Waals surface area contributed by atoms with E-state index >= 15 is 4.39 Å². The highest BCUT2D eigenvalue weighted by Crippen LogP contribution is 2.40. The van der Waals surface area contributed by atoms with E-state index in [1.165, 1.54) is 6.07 Å². The summed E-state index contributed by atoms with van der Waals surface area (Å²) in [6.45, 7) is 3.20. The Hall–Kier alpha value is -2.73. The first-order valence-electron chi connectivity index (χ1n) is 9.86. The zero-order chi connectivity index (χ0) is 19.5. The van der Waals surface area contributed by atoms with Crippen LogP contribution in [0.4, 0.5) is 15.8 Å². The molecule has 2 aliphatic rings. The number of nitrogens with one attached hydrogen (secondary N) is 2. The smallest absolute Gasteiger partial charge is 0.227 e. The van der Waals surface area contributed by atoms with Crippen LogP contribution in [0.3, 0.4) is 0 Å². The minimum absolute atomic E-state index is 0.0269. The van der Waals surface area contributed by atoms with Crippen molar-refractivity contribution in [3.05, 3.63) is 54.2 Å². The first-order valence-corrected chi connectivity index (χ1v) is 9.86. The van der Waals surface area contributed by atoms with Crippen LogP contribution in [-0.2, 0) is 11.2 Å². The summed E-state index contributed by atoms with van der Waals surface area (Å²) < 4.78 is 15.0. The Kier molecular flexibility index (Phi) is 5.39. The van der Waals surface area contributed by atoms with Gasteiger partial charge in [-0.2, -0.15) is 0 Å². The fourth-order valence-electron chi connectivity index (χ4n) is 3.81. The van der Waals surface area contributed by atoms with Crippen molar-refractivity contribution in [3.63, 3.8) is 0 Å². The minimum atomic E-state index is -0.320. The molecule has 2 aliphatic heterocycles. The van der Waals surface area contributed by atoms with Crippen LogP contribution in [0.2, 0.25) is 0 Å². The van der Waals surface area contributed by atoms with Crippen molar-refractivity contribution < 1.29 is 9.18 Å². The standard InChI is InChI=1S/C22H25FN4O/c1-15-5-2-3-6-17-13-16(9-11-25-17)20-19(26-22(15)28)8-7-18(23)21(20)27-12-4-10-24-14-27/h4,7-9,11-13,15,24H,2-3,5-6,10,14H2,1H3,(H,26,28). The number of hydrogen-bond donors (Lipinski definition) is 2. The van der Waals surface area contributed by atoms with Gasteiger partial charge in [0.2, 0.25) is 5.91 Å². The second-order valence-corrected chi connectivity index (χ2v) is 7.46. The Bertz CT molecular complexity index is 911. The molecule has 5 nitrogen and oxygen atoms in total. The van der Waals surface area contributed by atoms with Crippen LogP contribution in [0.1, 0.15) is 31.9 Å². The van der Waals surface area contributed by atoms with Gasteiger partial charge in [0, 0.05) is 36.1 Å². The first kappa shape index (κ1) is 18.6. The van der Waals surface area contributed by atoms with Gasteiger partial charge in [-0.15, -0.1) is 0 Å². The Morgan fingerprint density at radius 3 is 2.96 bits per heavy atom. The van der Waals surface area contributed by atoms with E-state index < -0.39 is 0 Å². The number of aryl methyl sites for hydroxylation is 1. The number of amides is 1. The summed E-state index contributed by atoms with van der Waals surface area (Å²) in [7, 11) is 0. The summed E-state index contributed by atoms with van der Waals surface area (Å²) in [5.41, 5.74) is 3.64. The fraction of sp³-hybridized carbons (Fsp3) is 0.364. The van der Waals surface area contributed by atoms with Crippen molar-refractivity contribution in [1.29, 1.82) is 0 Å². The van der Waals surface area contributed by atoms with Crippen LogP contribution in [0.15, 0.2) is 42.7 Å². The van der Waals surface area contributed by atoms with Gasteiger partial charge in [-0.05, 0) is 49.1 Å². The maximum atomic E-state index is 15.0. The Morgan fingerprint density at radius 2 is 2.14 bits per heavy atom. The largest absolute Gasteiger partial charge is 0.332 e. The molecule has 2 bridgehead atoms. The lowest BCUT2D eigenvalue weighted by atomic mass is 9.96. The van der Waals surface area contributed by atoms with Gasteiger partial charge in [-0.25, -0.2) is 4.39 Å². The molecule has 1 amide bonds. The first-order chi connectivity index (χ1) is 13.6. The van der Waals surface area contributed by atoms with Gasteiger partial charge < -0.3 is 10.2 Å². The highest BCUT2D eigenvalue weighted by molar-refractivity contribution is 6.00. The van der Waals surface area contributed by atoms with E-state index in [9.17, 15) is 4.79 Å². The summed E-state index contributed by atoms with van der Waals surface area (Å²) in [6, 6.07) is 6.98. The second kappa shape index (κ2) is 8.10. The summed E-state index contributed by atoms with van der Waals surface area (Å²) in [5, 5.41) is 6.28. The molecular weight excluding hydrogens is 355 g/mol. The van der Waals surface area contributed by atoms with E-state index in [2.05, 4.69) is 15.6 Å². The molecule has 1 aromatic heterocycles. The van der Waals surface area contributed by atoms with E-state index in [-0.39, 0.29) is 17.6 Å². The third kappa shape index (κ3) is 3.78. The Balaban J connectivity index is 1.91. The highest BCUT2D eigenvalue weighted by Gasteiger charge is 2.23. The SMILES string of the molecule is CC1CCCCc2cc(ccn2)-c2c(ccc(F)c2N2C=CCNC2)NC1=O. The molecule has 4 rings (SSSR count).